The molecule has 20 heavy (non-hydrogen) atoms. The van der Waals surface area contributed by atoms with Crippen LogP contribution in [0, 0.1) is 0 Å². The van der Waals surface area contributed by atoms with Crippen LogP contribution in [-0.2, 0) is 16.4 Å². The van der Waals surface area contributed by atoms with Gasteiger partial charge in [0.05, 0.1) is 21.7 Å². The smallest absolute Gasteiger partial charge is 0.183 e. The lowest BCUT2D eigenvalue weighted by molar-refractivity contribution is 0.494. The van der Waals surface area contributed by atoms with Crippen LogP contribution in [0.3, 0.4) is 0 Å². The first-order valence-corrected chi connectivity index (χ1v) is 9.16. The molecule has 1 heterocycles. The molecule has 0 radical (unpaired) electrons. The van der Waals surface area contributed by atoms with Gasteiger partial charge in [0.1, 0.15) is 5.76 Å². The fourth-order valence-corrected chi connectivity index (χ4v) is 3.16. The highest BCUT2D eigenvalue weighted by atomic mass is 79.9. The molecule has 2 aromatic rings. The van der Waals surface area contributed by atoms with Gasteiger partial charge in [-0.1, -0.05) is 6.92 Å². The summed E-state index contributed by atoms with van der Waals surface area (Å²) in [6.45, 7) is 2.15. The zero-order valence-electron chi connectivity index (χ0n) is 10.7. The van der Waals surface area contributed by atoms with Crippen molar-refractivity contribution in [2.24, 2.45) is 0 Å². The molecule has 0 atom stereocenters. The second-order valence-electron chi connectivity index (χ2n) is 4.12. The number of benzene rings is 1. The third-order valence-corrected chi connectivity index (χ3v) is 6.22. The fraction of sp³-hybridized carbons (Fsp3) is 0.231. The van der Waals surface area contributed by atoms with E-state index in [1.54, 1.807) is 31.2 Å². The molecule has 0 saturated carbocycles. The van der Waals surface area contributed by atoms with Gasteiger partial charge in [-0.3, -0.25) is 0 Å². The van der Waals surface area contributed by atoms with E-state index in [-0.39, 0.29) is 5.75 Å². The van der Waals surface area contributed by atoms with Crippen molar-refractivity contribution in [2.75, 3.05) is 11.1 Å². The highest BCUT2D eigenvalue weighted by molar-refractivity contribution is 9.13. The average Bonchev–Trinajstić information content (AvgIpc) is 2.76. The van der Waals surface area contributed by atoms with Crippen molar-refractivity contribution in [3.8, 4) is 0 Å². The normalized spacial score (nSPS) is 11.6. The van der Waals surface area contributed by atoms with Gasteiger partial charge in [0.15, 0.2) is 14.5 Å². The summed E-state index contributed by atoms with van der Waals surface area (Å²) in [5.41, 5.74) is 0.837. The molecule has 7 heteroatoms. The SMILES string of the molecule is CCS(=O)(=O)c1ccc(NCc2cc(Br)c(Br)o2)cc1. The molecule has 4 nitrogen and oxygen atoms in total. The van der Waals surface area contributed by atoms with E-state index >= 15 is 0 Å². The minimum Gasteiger partial charge on any atom is -0.451 e. The van der Waals surface area contributed by atoms with E-state index in [2.05, 4.69) is 37.2 Å². The highest BCUT2D eigenvalue weighted by Crippen LogP contribution is 2.27. The molecule has 0 aliphatic rings. The van der Waals surface area contributed by atoms with E-state index < -0.39 is 9.84 Å². The molecule has 0 aliphatic heterocycles. The Hall–Kier alpha value is -0.790. The van der Waals surface area contributed by atoms with E-state index in [9.17, 15) is 8.42 Å². The summed E-state index contributed by atoms with van der Waals surface area (Å²) >= 11 is 6.62. The highest BCUT2D eigenvalue weighted by Gasteiger charge is 2.11. The Kier molecular flexibility index (Phi) is 4.93. The van der Waals surface area contributed by atoms with Crippen LogP contribution in [0.1, 0.15) is 12.7 Å². The summed E-state index contributed by atoms with van der Waals surface area (Å²) < 4.78 is 30.3. The molecule has 0 saturated heterocycles. The number of halogens is 2. The van der Waals surface area contributed by atoms with Gasteiger partial charge in [-0.2, -0.15) is 0 Å². The monoisotopic (exact) mass is 421 g/mol. The number of anilines is 1. The molecule has 0 bridgehead atoms. The van der Waals surface area contributed by atoms with Crippen LogP contribution >= 0.6 is 31.9 Å². The molecule has 0 fully saturated rings. The Morgan fingerprint density at radius 1 is 1.20 bits per heavy atom. The van der Waals surface area contributed by atoms with E-state index in [0.717, 1.165) is 15.9 Å². The van der Waals surface area contributed by atoms with Crippen LogP contribution < -0.4 is 5.32 Å². The first-order chi connectivity index (χ1) is 9.42. The zero-order chi connectivity index (χ0) is 14.8. The van der Waals surface area contributed by atoms with E-state index in [0.29, 0.717) is 16.1 Å². The van der Waals surface area contributed by atoms with E-state index in [1.807, 2.05) is 6.07 Å². The summed E-state index contributed by atoms with van der Waals surface area (Å²) in [7, 11) is -3.14. The standard InChI is InChI=1S/C13H13Br2NO3S/c1-2-20(17,18)11-5-3-9(4-6-11)16-8-10-7-12(14)13(15)19-10/h3-7,16H,2,8H2,1H3. The molecule has 0 unspecified atom stereocenters. The number of hydrogen-bond donors (Lipinski definition) is 1. The molecule has 1 aromatic carbocycles. The first kappa shape index (κ1) is 15.6. The van der Waals surface area contributed by atoms with Crippen molar-refractivity contribution in [1.82, 2.24) is 0 Å². The Bertz CT molecular complexity index is 673. The lowest BCUT2D eigenvalue weighted by Crippen LogP contribution is -2.04. The summed E-state index contributed by atoms with van der Waals surface area (Å²) in [5.74, 6) is 0.878. The quantitative estimate of drug-likeness (QED) is 0.783. The number of sulfone groups is 1. The van der Waals surface area contributed by atoms with Gasteiger partial charge in [-0.05, 0) is 62.2 Å². The Morgan fingerprint density at radius 3 is 2.35 bits per heavy atom. The Labute approximate surface area is 134 Å². The molecule has 0 amide bonds. The lowest BCUT2D eigenvalue weighted by Gasteiger charge is -2.06. The second kappa shape index (κ2) is 6.32. The molecule has 2 rings (SSSR count). The topological polar surface area (TPSA) is 59.3 Å². The zero-order valence-corrected chi connectivity index (χ0v) is 14.7. The molecule has 108 valence electrons. The Morgan fingerprint density at radius 2 is 1.85 bits per heavy atom. The molecule has 0 spiro atoms. The van der Waals surface area contributed by atoms with Crippen molar-refractivity contribution >= 4 is 47.4 Å². The Balaban J connectivity index is 2.04. The number of hydrogen-bond acceptors (Lipinski definition) is 4. The van der Waals surface area contributed by atoms with Crippen molar-refractivity contribution < 1.29 is 12.8 Å². The fourth-order valence-electron chi connectivity index (χ4n) is 1.61. The van der Waals surface area contributed by atoms with E-state index in [1.165, 1.54) is 0 Å². The maximum absolute atomic E-state index is 11.7. The van der Waals surface area contributed by atoms with Crippen LogP contribution in [0.4, 0.5) is 5.69 Å². The maximum atomic E-state index is 11.7. The van der Waals surface area contributed by atoms with Crippen molar-refractivity contribution in [3.63, 3.8) is 0 Å². The first-order valence-electron chi connectivity index (χ1n) is 5.93. The van der Waals surface area contributed by atoms with Gasteiger partial charge in [-0.25, -0.2) is 8.42 Å². The van der Waals surface area contributed by atoms with Crippen LogP contribution in [0.2, 0.25) is 0 Å². The van der Waals surface area contributed by atoms with Gasteiger partial charge in [-0.15, -0.1) is 0 Å². The molecule has 0 aliphatic carbocycles. The maximum Gasteiger partial charge on any atom is 0.183 e. The predicted octanol–water partition coefficient (Wildman–Crippen LogP) is 4.21. The van der Waals surface area contributed by atoms with Crippen LogP contribution in [0.15, 0.2) is 48.8 Å². The largest absolute Gasteiger partial charge is 0.451 e. The van der Waals surface area contributed by atoms with Crippen molar-refractivity contribution in [3.05, 3.63) is 45.2 Å². The summed E-state index contributed by atoms with van der Waals surface area (Å²) in [5, 5.41) is 3.17. The third-order valence-electron chi connectivity index (χ3n) is 2.76. The van der Waals surface area contributed by atoms with Gasteiger partial charge in [0, 0.05) is 5.69 Å². The second-order valence-corrected chi connectivity index (χ2v) is 7.97. The van der Waals surface area contributed by atoms with Gasteiger partial charge in [0.25, 0.3) is 0 Å². The molecule has 1 N–H and O–H groups in total. The predicted molar refractivity (Wildman–Crippen MR) is 85.6 cm³/mol. The summed E-state index contributed by atoms with van der Waals surface area (Å²) in [6, 6.07) is 8.57. The minimum absolute atomic E-state index is 0.105. The van der Waals surface area contributed by atoms with E-state index in [4.69, 9.17) is 4.42 Å². The van der Waals surface area contributed by atoms with Crippen molar-refractivity contribution in [2.45, 2.75) is 18.4 Å². The molecular formula is C13H13Br2NO3S. The molecule has 1 aromatic heterocycles. The number of rotatable bonds is 5. The van der Waals surface area contributed by atoms with Gasteiger partial charge in [0.2, 0.25) is 0 Å². The summed E-state index contributed by atoms with van der Waals surface area (Å²) in [4.78, 5) is 0.342. The van der Waals surface area contributed by atoms with Crippen LogP contribution in [0.5, 0.6) is 0 Å². The molecular weight excluding hydrogens is 410 g/mol. The number of furan rings is 1. The third kappa shape index (κ3) is 3.65. The number of nitrogens with one attached hydrogen (secondary N) is 1. The average molecular weight is 423 g/mol. The lowest BCUT2D eigenvalue weighted by atomic mass is 10.3. The van der Waals surface area contributed by atoms with Crippen LogP contribution in [0.25, 0.3) is 0 Å². The van der Waals surface area contributed by atoms with Gasteiger partial charge < -0.3 is 9.73 Å². The van der Waals surface area contributed by atoms with Crippen LogP contribution in [-0.4, -0.2) is 14.2 Å². The minimum atomic E-state index is -3.14. The van der Waals surface area contributed by atoms with Gasteiger partial charge >= 0.3 is 0 Å². The summed E-state index contributed by atoms with van der Waals surface area (Å²) in [6.07, 6.45) is 0. The van der Waals surface area contributed by atoms with Crippen molar-refractivity contribution in [1.29, 1.82) is 0 Å².